The number of thioether (sulfide) groups is 1. The molecule has 3 atom stereocenters. The van der Waals surface area contributed by atoms with Crippen LogP contribution in [0, 0.1) is 5.75 Å². The van der Waals surface area contributed by atoms with Crippen molar-refractivity contribution >= 4 is 11.8 Å². The fraction of sp³-hybridized carbons (Fsp3) is 0.800. The summed E-state index contributed by atoms with van der Waals surface area (Å²) in [4.78, 5) is 0. The molecule has 0 aromatic heterocycles. The first-order valence-corrected chi connectivity index (χ1v) is 3.76. The summed E-state index contributed by atoms with van der Waals surface area (Å²) in [5.74, 6) is 2.00. The molecule has 9 heavy (non-hydrogen) atoms. The molecule has 1 aliphatic heterocycles. The molecule has 4 heteroatoms. The van der Waals surface area contributed by atoms with Crippen LogP contribution in [-0.4, -0.2) is 39.4 Å². The summed E-state index contributed by atoms with van der Waals surface area (Å²) >= 11 is 1.33. The minimum Gasteiger partial charge on any atom is -0.389 e. The third kappa shape index (κ3) is 1.58. The fourth-order valence-corrected chi connectivity index (χ4v) is 1.52. The predicted octanol–water partition coefficient (Wildman–Crippen LogP) is -1.02. The molecule has 3 N–H and O–H groups in total. The average Bonchev–Trinajstić information content (AvgIpc) is 1.83. The van der Waals surface area contributed by atoms with Crippen molar-refractivity contribution < 1.29 is 15.3 Å². The topological polar surface area (TPSA) is 60.7 Å². The quantitative estimate of drug-likeness (QED) is 0.412. The minimum atomic E-state index is -0.994. The molecule has 1 fully saturated rings. The van der Waals surface area contributed by atoms with Crippen LogP contribution < -0.4 is 0 Å². The minimum absolute atomic E-state index is 0.470. The molecule has 1 aliphatic rings. The Morgan fingerprint density at radius 2 is 2.00 bits per heavy atom. The van der Waals surface area contributed by atoms with Crippen molar-refractivity contribution in [1.29, 1.82) is 0 Å². The van der Waals surface area contributed by atoms with Crippen molar-refractivity contribution in [1.82, 2.24) is 0 Å². The van der Waals surface area contributed by atoms with Crippen LogP contribution in [0.1, 0.15) is 0 Å². The van der Waals surface area contributed by atoms with Gasteiger partial charge in [-0.3, -0.25) is 0 Å². The highest BCUT2D eigenvalue weighted by Gasteiger charge is 2.29. The van der Waals surface area contributed by atoms with E-state index in [0.29, 0.717) is 5.75 Å². The molecule has 0 saturated carbocycles. The Morgan fingerprint density at radius 3 is 2.44 bits per heavy atom. The highest BCUT2D eigenvalue weighted by atomic mass is 32.2. The van der Waals surface area contributed by atoms with Gasteiger partial charge in [0.15, 0.2) is 0 Å². The molecular weight excluding hydrogens is 140 g/mol. The number of hydrogen-bond acceptors (Lipinski definition) is 4. The molecule has 53 valence electrons. The van der Waals surface area contributed by atoms with Crippen LogP contribution >= 0.6 is 11.8 Å². The number of aliphatic hydroxyl groups is 3. The lowest BCUT2D eigenvalue weighted by Crippen LogP contribution is -2.41. The molecule has 0 spiro atoms. The van der Waals surface area contributed by atoms with Gasteiger partial charge < -0.3 is 15.3 Å². The maximum atomic E-state index is 8.90. The first-order valence-electron chi connectivity index (χ1n) is 2.71. The molecule has 1 saturated heterocycles. The zero-order chi connectivity index (χ0) is 6.85. The van der Waals surface area contributed by atoms with Crippen molar-refractivity contribution in [3.63, 3.8) is 0 Å². The molecule has 1 heterocycles. The van der Waals surface area contributed by atoms with E-state index < -0.39 is 18.3 Å². The fourth-order valence-electron chi connectivity index (χ4n) is 0.659. The second-order valence-electron chi connectivity index (χ2n) is 2.02. The van der Waals surface area contributed by atoms with Gasteiger partial charge in [0, 0.05) is 11.5 Å². The monoisotopic (exact) mass is 149 g/mol. The van der Waals surface area contributed by atoms with E-state index in [1.165, 1.54) is 17.5 Å². The smallest absolute Gasteiger partial charge is 0.108 e. The summed E-state index contributed by atoms with van der Waals surface area (Å²) < 4.78 is 0. The molecule has 0 bridgehead atoms. The molecule has 1 rings (SSSR count). The van der Waals surface area contributed by atoms with E-state index in [1.807, 2.05) is 0 Å². The van der Waals surface area contributed by atoms with Crippen LogP contribution in [0.25, 0.3) is 0 Å². The van der Waals surface area contributed by atoms with Crippen LogP contribution in [-0.2, 0) is 0 Å². The second kappa shape index (κ2) is 2.88. The van der Waals surface area contributed by atoms with Crippen LogP contribution in [0.4, 0.5) is 0 Å². The van der Waals surface area contributed by atoms with E-state index in [0.717, 1.165) is 0 Å². The average molecular weight is 149 g/mol. The van der Waals surface area contributed by atoms with Gasteiger partial charge in [-0.2, -0.15) is 11.8 Å². The highest BCUT2D eigenvalue weighted by Crippen LogP contribution is 2.21. The first kappa shape index (κ1) is 7.34. The molecular formula is C5H9O3S. The standard InChI is InChI=1S/C5H9O3S/c6-3-1-9-2-4(7)5(3)8/h1,3-8H,2H2. The van der Waals surface area contributed by atoms with E-state index in [4.69, 9.17) is 15.3 Å². The van der Waals surface area contributed by atoms with Crippen molar-refractivity contribution in [2.45, 2.75) is 18.3 Å². The largest absolute Gasteiger partial charge is 0.389 e. The second-order valence-corrected chi connectivity index (χ2v) is 2.96. The molecule has 0 aromatic rings. The third-order valence-electron chi connectivity index (χ3n) is 1.25. The Balaban J connectivity index is 2.41. The molecule has 3 unspecified atom stereocenters. The third-order valence-corrected chi connectivity index (χ3v) is 2.25. The van der Waals surface area contributed by atoms with Gasteiger partial charge in [0.2, 0.25) is 0 Å². The summed E-state index contributed by atoms with van der Waals surface area (Å²) in [7, 11) is 0. The summed E-state index contributed by atoms with van der Waals surface area (Å²) in [6, 6.07) is 0. The van der Waals surface area contributed by atoms with Crippen molar-refractivity contribution in [2.75, 3.05) is 5.75 Å². The van der Waals surface area contributed by atoms with E-state index >= 15 is 0 Å². The zero-order valence-electron chi connectivity index (χ0n) is 4.77. The van der Waals surface area contributed by atoms with Crippen LogP contribution in [0.2, 0.25) is 0 Å². The van der Waals surface area contributed by atoms with E-state index in [-0.39, 0.29) is 0 Å². The zero-order valence-corrected chi connectivity index (χ0v) is 5.58. The van der Waals surface area contributed by atoms with Gasteiger partial charge in [-0.15, -0.1) is 0 Å². The number of aliphatic hydroxyl groups excluding tert-OH is 3. The number of hydrogen-bond donors (Lipinski definition) is 3. The normalized spacial score (nSPS) is 45.0. The molecule has 3 nitrogen and oxygen atoms in total. The Hall–Kier alpha value is 0.230. The van der Waals surface area contributed by atoms with E-state index in [9.17, 15) is 0 Å². The maximum Gasteiger partial charge on any atom is 0.108 e. The van der Waals surface area contributed by atoms with E-state index in [1.54, 1.807) is 0 Å². The van der Waals surface area contributed by atoms with Crippen LogP contribution in [0.5, 0.6) is 0 Å². The first-order chi connectivity index (χ1) is 4.22. The number of rotatable bonds is 0. The highest BCUT2D eigenvalue weighted by molar-refractivity contribution is 8.01. The molecule has 0 amide bonds. The summed E-state index contributed by atoms with van der Waals surface area (Å²) in [6.45, 7) is 0. The van der Waals surface area contributed by atoms with Crippen molar-refractivity contribution in [3.8, 4) is 0 Å². The van der Waals surface area contributed by atoms with Gasteiger partial charge in [0.05, 0.1) is 12.2 Å². The Kier molecular flexibility index (Phi) is 2.35. The van der Waals surface area contributed by atoms with Crippen LogP contribution in [0.15, 0.2) is 0 Å². The Morgan fingerprint density at radius 1 is 1.33 bits per heavy atom. The van der Waals surface area contributed by atoms with Crippen molar-refractivity contribution in [2.24, 2.45) is 0 Å². The van der Waals surface area contributed by atoms with Gasteiger partial charge in [-0.25, -0.2) is 0 Å². The summed E-state index contributed by atoms with van der Waals surface area (Å²) in [5.41, 5.74) is 0. The van der Waals surface area contributed by atoms with Gasteiger partial charge in [-0.05, 0) is 0 Å². The van der Waals surface area contributed by atoms with Crippen molar-refractivity contribution in [3.05, 3.63) is 5.75 Å². The lowest BCUT2D eigenvalue weighted by Gasteiger charge is -2.26. The maximum absolute atomic E-state index is 8.90. The Bertz CT molecular complexity index is 88.2. The lowest BCUT2D eigenvalue weighted by atomic mass is 10.1. The molecule has 1 radical (unpaired) electrons. The van der Waals surface area contributed by atoms with Gasteiger partial charge in [0.25, 0.3) is 0 Å². The Labute approximate surface area is 57.7 Å². The van der Waals surface area contributed by atoms with Gasteiger partial charge >= 0.3 is 0 Å². The summed E-state index contributed by atoms with van der Waals surface area (Å²) in [5, 5.41) is 26.7. The molecule has 0 aliphatic carbocycles. The van der Waals surface area contributed by atoms with Crippen LogP contribution in [0.3, 0.4) is 0 Å². The SMILES string of the molecule is OC1[CH]SCC(O)C1O. The van der Waals surface area contributed by atoms with Gasteiger partial charge in [0.1, 0.15) is 6.10 Å². The predicted molar refractivity (Wildman–Crippen MR) is 34.8 cm³/mol. The summed E-state index contributed by atoms with van der Waals surface area (Å²) in [6.07, 6.45) is -2.65. The molecule has 0 aromatic carbocycles. The van der Waals surface area contributed by atoms with E-state index in [2.05, 4.69) is 0 Å². The van der Waals surface area contributed by atoms with Gasteiger partial charge in [-0.1, -0.05) is 0 Å². The lowest BCUT2D eigenvalue weighted by molar-refractivity contribution is -0.0368.